The molecule has 0 fully saturated rings. The minimum atomic E-state index is -0.550. The van der Waals surface area contributed by atoms with Crippen molar-refractivity contribution in [3.8, 4) is 0 Å². The van der Waals surface area contributed by atoms with Crippen LogP contribution in [0.25, 0.3) is 0 Å². The fraction of sp³-hybridized carbons (Fsp3) is 0.600. The van der Waals surface area contributed by atoms with Crippen LogP contribution in [0.3, 0.4) is 0 Å². The van der Waals surface area contributed by atoms with Crippen LogP contribution in [0.4, 0.5) is 17.5 Å². The average molecular weight is 270 g/mol. The monoisotopic (exact) mass is 270 g/mol. The lowest BCUT2D eigenvalue weighted by atomic mass is 10.3. The maximum atomic E-state index is 11.0. The van der Waals surface area contributed by atoms with E-state index in [1.165, 1.54) is 0 Å². The van der Waals surface area contributed by atoms with Gasteiger partial charge in [-0.05, 0) is 6.42 Å². The zero-order valence-electron chi connectivity index (χ0n) is 10.7. The summed E-state index contributed by atoms with van der Waals surface area (Å²) in [5, 5.41) is 20.0. The summed E-state index contributed by atoms with van der Waals surface area (Å²) in [6.07, 6.45) is 2.88. The normalized spacial score (nSPS) is 10.3. The van der Waals surface area contributed by atoms with E-state index in [1.807, 2.05) is 6.92 Å². The number of hydrazine groups is 1. The molecule has 0 saturated heterocycles. The summed E-state index contributed by atoms with van der Waals surface area (Å²) in [5.74, 6) is 5.47. The van der Waals surface area contributed by atoms with Gasteiger partial charge in [-0.1, -0.05) is 13.3 Å². The van der Waals surface area contributed by atoms with Crippen molar-refractivity contribution in [2.75, 3.05) is 30.0 Å². The maximum Gasteiger partial charge on any atom is 0.329 e. The summed E-state index contributed by atoms with van der Waals surface area (Å²) in [6.45, 7) is 2.73. The van der Waals surface area contributed by atoms with Gasteiger partial charge in [0.1, 0.15) is 6.20 Å². The number of nitrogens with two attached hydrogens (primary N) is 1. The second-order valence-electron chi connectivity index (χ2n) is 3.87. The van der Waals surface area contributed by atoms with Gasteiger partial charge in [0.15, 0.2) is 0 Å². The van der Waals surface area contributed by atoms with E-state index in [0.717, 1.165) is 19.0 Å². The minimum absolute atomic E-state index is 0.0973. The van der Waals surface area contributed by atoms with Crippen LogP contribution in [0.1, 0.15) is 19.8 Å². The Kier molecular flexibility index (Phi) is 5.90. The number of aliphatic hydroxyl groups excluding tert-OH is 1. The molecule has 0 atom stereocenters. The van der Waals surface area contributed by atoms with Gasteiger partial charge in [-0.25, -0.2) is 10.8 Å². The molecule has 0 bridgehead atoms. The number of aromatic nitrogens is 2. The van der Waals surface area contributed by atoms with Crippen LogP contribution in [-0.4, -0.2) is 39.7 Å². The van der Waals surface area contributed by atoms with Gasteiger partial charge in [-0.3, -0.25) is 15.5 Å². The van der Waals surface area contributed by atoms with Gasteiger partial charge >= 0.3 is 5.69 Å². The van der Waals surface area contributed by atoms with E-state index in [-0.39, 0.29) is 30.6 Å². The minimum Gasteiger partial charge on any atom is -0.395 e. The largest absolute Gasteiger partial charge is 0.395 e. The SMILES string of the molecule is CCCCN(CCO)c1nc(NN)ncc1[N+](=O)[O-]. The van der Waals surface area contributed by atoms with Crippen LogP contribution < -0.4 is 16.2 Å². The van der Waals surface area contributed by atoms with Gasteiger partial charge in [0.25, 0.3) is 0 Å². The Hall–Kier alpha value is -2.00. The number of rotatable bonds is 8. The van der Waals surface area contributed by atoms with Gasteiger partial charge in [0, 0.05) is 13.1 Å². The summed E-state index contributed by atoms with van der Waals surface area (Å²) in [4.78, 5) is 19.8. The topological polar surface area (TPSA) is 130 Å². The van der Waals surface area contributed by atoms with E-state index >= 15 is 0 Å². The maximum absolute atomic E-state index is 11.0. The van der Waals surface area contributed by atoms with Gasteiger partial charge < -0.3 is 10.0 Å². The summed E-state index contributed by atoms with van der Waals surface area (Å²) < 4.78 is 0. The lowest BCUT2D eigenvalue weighted by Gasteiger charge is -2.22. The van der Waals surface area contributed by atoms with Crippen molar-refractivity contribution in [2.24, 2.45) is 5.84 Å². The Balaban J connectivity index is 3.12. The molecular formula is C10H18N6O3. The Bertz CT molecular complexity index is 428. The van der Waals surface area contributed by atoms with Gasteiger partial charge in [-0.2, -0.15) is 4.98 Å². The number of aliphatic hydroxyl groups is 1. The molecule has 0 aliphatic rings. The summed E-state index contributed by atoms with van der Waals surface area (Å²) in [6, 6.07) is 0. The van der Waals surface area contributed by atoms with E-state index < -0.39 is 4.92 Å². The number of nitrogens with zero attached hydrogens (tertiary/aromatic N) is 4. The first-order valence-corrected chi connectivity index (χ1v) is 5.97. The molecule has 1 aromatic rings. The lowest BCUT2D eigenvalue weighted by Crippen LogP contribution is -2.30. The highest BCUT2D eigenvalue weighted by atomic mass is 16.6. The highest BCUT2D eigenvalue weighted by Gasteiger charge is 2.22. The lowest BCUT2D eigenvalue weighted by molar-refractivity contribution is -0.384. The highest BCUT2D eigenvalue weighted by Crippen LogP contribution is 2.26. The van der Waals surface area contributed by atoms with Crippen molar-refractivity contribution in [3.05, 3.63) is 16.3 Å². The molecule has 0 aliphatic heterocycles. The standard InChI is InChI=1S/C10H18N6O3/c1-2-3-4-15(5-6-17)9-8(16(18)19)7-12-10(13-9)14-11/h7,17H,2-6,11H2,1H3,(H,12,13,14). The predicted octanol–water partition coefficient (Wildman–Crippen LogP) is 0.269. The number of unbranched alkanes of at least 4 members (excludes halogenated alkanes) is 1. The number of nitrogen functional groups attached to an aromatic ring is 1. The average Bonchev–Trinajstić information content (AvgIpc) is 2.42. The quantitative estimate of drug-likeness (QED) is 0.348. The smallest absolute Gasteiger partial charge is 0.329 e. The second kappa shape index (κ2) is 7.44. The van der Waals surface area contributed by atoms with Crippen LogP contribution in [0.5, 0.6) is 0 Å². The Labute approximate surface area is 110 Å². The van der Waals surface area contributed by atoms with Crippen LogP contribution in [0.2, 0.25) is 0 Å². The second-order valence-corrected chi connectivity index (χ2v) is 3.87. The first-order valence-electron chi connectivity index (χ1n) is 5.97. The van der Waals surface area contributed by atoms with Gasteiger partial charge in [0.2, 0.25) is 11.8 Å². The molecule has 1 heterocycles. The van der Waals surface area contributed by atoms with Crippen LogP contribution >= 0.6 is 0 Å². The molecule has 0 radical (unpaired) electrons. The van der Waals surface area contributed by atoms with Crippen LogP contribution in [0.15, 0.2) is 6.20 Å². The van der Waals surface area contributed by atoms with Crippen molar-refractivity contribution in [1.82, 2.24) is 9.97 Å². The van der Waals surface area contributed by atoms with Gasteiger partial charge in [0.05, 0.1) is 11.5 Å². The van der Waals surface area contributed by atoms with E-state index in [4.69, 9.17) is 10.9 Å². The highest BCUT2D eigenvalue weighted by molar-refractivity contribution is 5.58. The van der Waals surface area contributed by atoms with E-state index in [0.29, 0.717) is 6.54 Å². The van der Waals surface area contributed by atoms with E-state index in [2.05, 4.69) is 15.4 Å². The number of nitro groups is 1. The van der Waals surface area contributed by atoms with Crippen molar-refractivity contribution in [1.29, 1.82) is 0 Å². The van der Waals surface area contributed by atoms with Crippen molar-refractivity contribution < 1.29 is 10.0 Å². The Morgan fingerprint density at radius 3 is 2.84 bits per heavy atom. The number of hydrogen-bond donors (Lipinski definition) is 3. The zero-order valence-corrected chi connectivity index (χ0v) is 10.7. The number of nitrogens with one attached hydrogen (secondary N) is 1. The third-order valence-corrected chi connectivity index (χ3v) is 2.53. The number of hydrogen-bond acceptors (Lipinski definition) is 8. The molecule has 0 amide bonds. The molecule has 0 aliphatic carbocycles. The predicted molar refractivity (Wildman–Crippen MR) is 70.7 cm³/mol. The van der Waals surface area contributed by atoms with Crippen LogP contribution in [-0.2, 0) is 0 Å². The fourth-order valence-electron chi connectivity index (χ4n) is 1.59. The molecule has 1 aromatic heterocycles. The molecule has 19 heavy (non-hydrogen) atoms. The fourth-order valence-corrected chi connectivity index (χ4v) is 1.59. The van der Waals surface area contributed by atoms with Gasteiger partial charge in [-0.15, -0.1) is 0 Å². The van der Waals surface area contributed by atoms with Crippen molar-refractivity contribution in [2.45, 2.75) is 19.8 Å². The van der Waals surface area contributed by atoms with Crippen molar-refractivity contribution >= 4 is 17.5 Å². The number of anilines is 2. The third kappa shape index (κ3) is 4.00. The first-order chi connectivity index (χ1) is 9.13. The van der Waals surface area contributed by atoms with E-state index in [9.17, 15) is 10.1 Å². The Morgan fingerprint density at radius 2 is 2.32 bits per heavy atom. The molecule has 9 nitrogen and oxygen atoms in total. The van der Waals surface area contributed by atoms with E-state index in [1.54, 1.807) is 4.90 Å². The summed E-state index contributed by atoms with van der Waals surface area (Å²) in [5.41, 5.74) is 2.05. The molecule has 0 spiro atoms. The van der Waals surface area contributed by atoms with Crippen LogP contribution in [0, 0.1) is 10.1 Å². The molecule has 9 heteroatoms. The molecule has 0 aromatic carbocycles. The van der Waals surface area contributed by atoms with Crippen molar-refractivity contribution in [3.63, 3.8) is 0 Å². The third-order valence-electron chi connectivity index (χ3n) is 2.53. The molecule has 4 N–H and O–H groups in total. The molecule has 0 unspecified atom stereocenters. The molecule has 0 saturated carbocycles. The Morgan fingerprint density at radius 1 is 1.58 bits per heavy atom. The summed E-state index contributed by atoms with van der Waals surface area (Å²) >= 11 is 0. The molecule has 1 rings (SSSR count). The summed E-state index contributed by atoms with van der Waals surface area (Å²) in [7, 11) is 0. The zero-order chi connectivity index (χ0) is 14.3. The molecule has 106 valence electrons. The molecular weight excluding hydrogens is 252 g/mol. The first kappa shape index (κ1) is 15.1.